The lowest BCUT2D eigenvalue weighted by atomic mass is 9.81. The molecule has 2 aliphatic rings. The molecule has 0 aromatic heterocycles. The van der Waals surface area contributed by atoms with Crippen LogP contribution >= 0.6 is 31.9 Å². The van der Waals surface area contributed by atoms with Crippen molar-refractivity contribution < 1.29 is 28.7 Å². The largest absolute Gasteiger partial charge is 0.497 e. The summed E-state index contributed by atoms with van der Waals surface area (Å²) in [7, 11) is 1.53. The molecule has 7 nitrogen and oxygen atoms in total. The van der Waals surface area contributed by atoms with E-state index >= 15 is 0 Å². The second-order valence-electron chi connectivity index (χ2n) is 7.97. The van der Waals surface area contributed by atoms with Crippen LogP contribution in [0.3, 0.4) is 0 Å². The van der Waals surface area contributed by atoms with Gasteiger partial charge in [0.25, 0.3) is 0 Å². The molecule has 1 heterocycles. The molecule has 4 rings (SSSR count). The van der Waals surface area contributed by atoms with Crippen LogP contribution in [0, 0.1) is 11.8 Å². The Bertz CT molecular complexity index is 1070. The van der Waals surface area contributed by atoms with Crippen molar-refractivity contribution >= 4 is 61.1 Å². The fourth-order valence-corrected chi connectivity index (χ4v) is 5.48. The van der Waals surface area contributed by atoms with Gasteiger partial charge in [0.1, 0.15) is 5.75 Å². The third kappa shape index (κ3) is 4.61. The molecule has 9 heteroatoms. The predicted molar refractivity (Wildman–Crippen MR) is 128 cm³/mol. The van der Waals surface area contributed by atoms with Crippen LogP contribution in [0.5, 0.6) is 5.75 Å². The van der Waals surface area contributed by atoms with E-state index in [1.165, 1.54) is 13.2 Å². The number of hydrogen-bond acceptors (Lipinski definition) is 6. The Morgan fingerprint density at radius 3 is 2.09 bits per heavy atom. The molecule has 4 atom stereocenters. The van der Waals surface area contributed by atoms with Crippen LogP contribution in [0.15, 0.2) is 48.5 Å². The number of methoxy groups -OCH3 is 1. The number of anilines is 1. The zero-order valence-corrected chi connectivity index (χ0v) is 20.9. The summed E-state index contributed by atoms with van der Waals surface area (Å²) in [5, 5.41) is 0. The molecule has 0 unspecified atom stereocenters. The molecule has 1 aliphatic heterocycles. The van der Waals surface area contributed by atoms with E-state index in [4.69, 9.17) is 9.47 Å². The number of amides is 2. The maximum atomic E-state index is 13.1. The molecule has 33 heavy (non-hydrogen) atoms. The van der Waals surface area contributed by atoms with Crippen molar-refractivity contribution in [1.82, 2.24) is 0 Å². The summed E-state index contributed by atoms with van der Waals surface area (Å²) in [4.78, 5) is 52.8. The minimum atomic E-state index is -0.778. The number of benzene rings is 2. The molecular weight excluding hydrogens is 558 g/mol. The van der Waals surface area contributed by atoms with Crippen molar-refractivity contribution in [3.63, 3.8) is 0 Å². The molecule has 1 saturated carbocycles. The highest BCUT2D eigenvalue weighted by atomic mass is 79.9. The fraction of sp³-hybridized carbons (Fsp3) is 0.333. The zero-order chi connectivity index (χ0) is 23.7. The van der Waals surface area contributed by atoms with Gasteiger partial charge in [0, 0.05) is 15.2 Å². The lowest BCUT2D eigenvalue weighted by Crippen LogP contribution is -2.34. The molecule has 172 valence electrons. The number of ketones is 1. The summed E-state index contributed by atoms with van der Waals surface area (Å²) >= 11 is 7.14. The van der Waals surface area contributed by atoms with Gasteiger partial charge in [-0.15, -0.1) is 0 Å². The van der Waals surface area contributed by atoms with E-state index in [9.17, 15) is 19.2 Å². The lowest BCUT2D eigenvalue weighted by molar-refractivity contribution is -0.122. The van der Waals surface area contributed by atoms with Crippen molar-refractivity contribution in [2.75, 3.05) is 18.6 Å². The van der Waals surface area contributed by atoms with Gasteiger partial charge in [-0.25, -0.2) is 9.69 Å². The summed E-state index contributed by atoms with van der Waals surface area (Å²) in [5.41, 5.74) is 0.617. The van der Waals surface area contributed by atoms with Crippen molar-refractivity contribution in [3.05, 3.63) is 59.7 Å². The van der Waals surface area contributed by atoms with Crippen molar-refractivity contribution in [2.45, 2.75) is 22.5 Å². The Morgan fingerprint density at radius 1 is 0.939 bits per heavy atom. The second kappa shape index (κ2) is 9.77. The van der Waals surface area contributed by atoms with Gasteiger partial charge in [-0.2, -0.15) is 0 Å². The summed E-state index contributed by atoms with van der Waals surface area (Å²) in [6.07, 6.45) is 1.06. The number of imide groups is 1. The Kier molecular flexibility index (Phi) is 6.99. The minimum Gasteiger partial charge on any atom is -0.497 e. The average Bonchev–Trinajstić information content (AvgIpc) is 3.06. The first-order valence-corrected chi connectivity index (χ1v) is 12.2. The smallest absolute Gasteiger partial charge is 0.340 e. The number of rotatable bonds is 6. The molecule has 0 radical (unpaired) electrons. The molecule has 0 N–H and O–H groups in total. The van der Waals surface area contributed by atoms with Crippen LogP contribution in [0.2, 0.25) is 0 Å². The summed E-state index contributed by atoms with van der Waals surface area (Å²) < 4.78 is 10.3. The first-order valence-electron chi connectivity index (χ1n) is 10.4. The molecule has 1 aliphatic carbocycles. The number of Topliss-reactive ketones (excluding diaryl/α,β-unsaturated/α-hetero) is 1. The molecule has 0 bridgehead atoms. The molecule has 2 fully saturated rings. The van der Waals surface area contributed by atoms with Crippen LogP contribution in [-0.2, 0) is 14.3 Å². The first-order chi connectivity index (χ1) is 15.8. The number of nitrogens with zero attached hydrogens (tertiary/aromatic N) is 1. The molecule has 2 amide bonds. The van der Waals surface area contributed by atoms with E-state index in [1.54, 1.807) is 42.5 Å². The standard InChI is InChI=1S/C24H21Br2NO6/c1-32-14-8-6-13(7-9-14)21(28)12-33-24(31)15-4-2-3-5-20(15)27-22(29)16-10-18(25)19(26)11-17(16)23(27)30/h2-9,16-19H,10-12H2,1H3/t16-,17-,18+,19+/m1/s1. The van der Waals surface area contributed by atoms with Crippen molar-refractivity contribution in [3.8, 4) is 5.75 Å². The normalized spacial score (nSPS) is 24.4. The number of fused-ring (bicyclic) bond motifs is 1. The average molecular weight is 579 g/mol. The van der Waals surface area contributed by atoms with E-state index < -0.39 is 24.4 Å². The first kappa shape index (κ1) is 23.6. The Hall–Kier alpha value is -2.52. The number of hydrogen-bond donors (Lipinski definition) is 0. The van der Waals surface area contributed by atoms with Gasteiger partial charge >= 0.3 is 5.97 Å². The molecule has 2 aromatic carbocycles. The van der Waals surface area contributed by atoms with Gasteiger partial charge in [-0.05, 0) is 49.2 Å². The van der Waals surface area contributed by atoms with Crippen molar-refractivity contribution in [2.24, 2.45) is 11.8 Å². The number of alkyl halides is 2. The minimum absolute atomic E-state index is 0.0613. The summed E-state index contributed by atoms with van der Waals surface area (Å²) in [5.74, 6) is -2.05. The van der Waals surface area contributed by atoms with Gasteiger partial charge in [0.2, 0.25) is 11.8 Å². The maximum Gasteiger partial charge on any atom is 0.340 e. The molecule has 1 saturated heterocycles. The van der Waals surface area contributed by atoms with Crippen LogP contribution < -0.4 is 9.64 Å². The van der Waals surface area contributed by atoms with E-state index in [1.807, 2.05) is 0 Å². The number of para-hydroxylation sites is 1. The molecule has 2 aromatic rings. The van der Waals surface area contributed by atoms with E-state index in [0.29, 0.717) is 24.2 Å². The topological polar surface area (TPSA) is 90.0 Å². The van der Waals surface area contributed by atoms with Crippen molar-refractivity contribution in [1.29, 1.82) is 0 Å². The van der Waals surface area contributed by atoms with Gasteiger partial charge in [-0.1, -0.05) is 44.0 Å². The van der Waals surface area contributed by atoms with Gasteiger partial charge in [-0.3, -0.25) is 14.4 Å². The number of esters is 1. The molecular formula is C24H21Br2NO6. The van der Waals surface area contributed by atoms with Crippen LogP contribution in [0.4, 0.5) is 5.69 Å². The van der Waals surface area contributed by atoms with Gasteiger partial charge in [0.05, 0.1) is 30.2 Å². The van der Waals surface area contributed by atoms with Crippen LogP contribution in [-0.4, -0.2) is 46.9 Å². The second-order valence-corrected chi connectivity index (χ2v) is 10.3. The predicted octanol–water partition coefficient (Wildman–Crippen LogP) is 4.16. The lowest BCUT2D eigenvalue weighted by Gasteiger charge is -2.29. The van der Waals surface area contributed by atoms with E-state index in [2.05, 4.69) is 31.9 Å². The molecule has 0 spiro atoms. The van der Waals surface area contributed by atoms with Gasteiger partial charge in [0.15, 0.2) is 12.4 Å². The quantitative estimate of drug-likeness (QED) is 0.221. The number of carbonyl (C=O) groups is 4. The zero-order valence-electron chi connectivity index (χ0n) is 17.7. The highest BCUT2D eigenvalue weighted by molar-refractivity contribution is 9.12. The highest BCUT2D eigenvalue weighted by Crippen LogP contribution is 2.44. The highest BCUT2D eigenvalue weighted by Gasteiger charge is 2.52. The van der Waals surface area contributed by atoms with Gasteiger partial charge < -0.3 is 9.47 Å². The SMILES string of the molecule is COc1ccc(C(=O)COC(=O)c2ccccc2N2C(=O)[C@@H]3C[C@H](Br)[C@@H](Br)C[C@H]3C2=O)cc1. The fourth-order valence-electron chi connectivity index (χ4n) is 4.24. The van der Waals surface area contributed by atoms with E-state index in [0.717, 1.165) is 4.90 Å². The maximum absolute atomic E-state index is 13.1. The monoisotopic (exact) mass is 577 g/mol. The summed E-state index contributed by atoms with van der Waals surface area (Å²) in [6.45, 7) is -0.469. The Balaban J connectivity index is 1.51. The number of halogens is 2. The van der Waals surface area contributed by atoms with Crippen LogP contribution in [0.1, 0.15) is 33.6 Å². The Labute approximate surface area is 207 Å². The Morgan fingerprint density at radius 2 is 1.52 bits per heavy atom. The van der Waals surface area contributed by atoms with Crippen LogP contribution in [0.25, 0.3) is 0 Å². The number of carbonyl (C=O) groups excluding carboxylic acids is 4. The number of ether oxygens (including phenoxy) is 2. The third-order valence-electron chi connectivity index (χ3n) is 6.02. The third-order valence-corrected chi connectivity index (χ3v) is 8.76. The van der Waals surface area contributed by atoms with E-state index in [-0.39, 0.29) is 38.5 Å². The summed E-state index contributed by atoms with van der Waals surface area (Å²) in [6, 6.07) is 12.8.